The normalized spacial score (nSPS) is 11.6. The summed E-state index contributed by atoms with van der Waals surface area (Å²) in [6.07, 6.45) is -2.18. The zero-order chi connectivity index (χ0) is 19.6. The molecule has 0 spiro atoms. The van der Waals surface area contributed by atoms with Gasteiger partial charge in [-0.15, -0.1) is 0 Å². The number of nitrogens with zero attached hydrogens (tertiary/aromatic N) is 4. The number of amides is 1. The van der Waals surface area contributed by atoms with Gasteiger partial charge in [-0.2, -0.15) is 18.3 Å². The molecular formula is C17H17F3N6O. The van der Waals surface area contributed by atoms with E-state index in [1.54, 1.807) is 17.8 Å². The number of carbonyl (C=O) groups is 1. The molecule has 0 saturated carbocycles. The van der Waals surface area contributed by atoms with Crippen LogP contribution in [0.5, 0.6) is 0 Å². The van der Waals surface area contributed by atoms with Gasteiger partial charge in [0.2, 0.25) is 0 Å². The average Bonchev–Trinajstić information content (AvgIpc) is 2.92. The summed E-state index contributed by atoms with van der Waals surface area (Å²) in [6.45, 7) is 2.42. The number of rotatable bonds is 5. The minimum atomic E-state index is -4.42. The Labute approximate surface area is 152 Å². The second-order valence-electron chi connectivity index (χ2n) is 5.92. The van der Waals surface area contributed by atoms with Gasteiger partial charge < -0.3 is 10.6 Å². The number of pyridine rings is 2. The van der Waals surface area contributed by atoms with Crippen molar-refractivity contribution in [3.05, 3.63) is 47.4 Å². The van der Waals surface area contributed by atoms with Crippen molar-refractivity contribution in [1.82, 2.24) is 25.1 Å². The number of anilines is 1. The summed E-state index contributed by atoms with van der Waals surface area (Å²) in [4.78, 5) is 20.2. The molecule has 2 N–H and O–H groups in total. The van der Waals surface area contributed by atoms with Gasteiger partial charge in [-0.05, 0) is 25.1 Å². The van der Waals surface area contributed by atoms with E-state index in [9.17, 15) is 18.0 Å². The van der Waals surface area contributed by atoms with Crippen LogP contribution in [0.3, 0.4) is 0 Å². The Kier molecular flexibility index (Phi) is 4.98. The van der Waals surface area contributed by atoms with Crippen molar-refractivity contribution < 1.29 is 18.0 Å². The van der Waals surface area contributed by atoms with E-state index >= 15 is 0 Å². The SMILES string of the molecule is Cc1nn(C)c2ncc(C(=O)NCCNc3ccc(C(F)(F)F)cn3)cc12. The Morgan fingerprint density at radius 3 is 2.63 bits per heavy atom. The Bertz CT molecular complexity index is 965. The third kappa shape index (κ3) is 4.15. The van der Waals surface area contributed by atoms with Crippen molar-refractivity contribution in [3.63, 3.8) is 0 Å². The van der Waals surface area contributed by atoms with Gasteiger partial charge in [-0.25, -0.2) is 9.97 Å². The minimum absolute atomic E-state index is 0.269. The summed E-state index contributed by atoms with van der Waals surface area (Å²) < 4.78 is 39.1. The number of nitrogens with one attached hydrogen (secondary N) is 2. The number of halogens is 3. The van der Waals surface area contributed by atoms with Crippen LogP contribution in [-0.4, -0.2) is 38.7 Å². The zero-order valence-corrected chi connectivity index (χ0v) is 14.6. The van der Waals surface area contributed by atoms with E-state index in [0.29, 0.717) is 23.6 Å². The molecule has 0 unspecified atom stereocenters. The second kappa shape index (κ2) is 7.22. The maximum atomic E-state index is 12.5. The van der Waals surface area contributed by atoms with Crippen molar-refractivity contribution >= 4 is 22.8 Å². The first-order valence-electron chi connectivity index (χ1n) is 8.10. The number of fused-ring (bicyclic) bond motifs is 1. The van der Waals surface area contributed by atoms with Crippen LogP contribution in [0.4, 0.5) is 19.0 Å². The van der Waals surface area contributed by atoms with E-state index in [0.717, 1.165) is 23.3 Å². The van der Waals surface area contributed by atoms with Crippen molar-refractivity contribution in [1.29, 1.82) is 0 Å². The first kappa shape index (κ1) is 18.6. The Hall–Kier alpha value is -3.17. The van der Waals surface area contributed by atoms with E-state index in [4.69, 9.17) is 0 Å². The molecule has 27 heavy (non-hydrogen) atoms. The zero-order valence-electron chi connectivity index (χ0n) is 14.6. The third-order valence-corrected chi connectivity index (χ3v) is 3.93. The van der Waals surface area contributed by atoms with Gasteiger partial charge in [0.1, 0.15) is 5.82 Å². The van der Waals surface area contributed by atoms with E-state index in [-0.39, 0.29) is 12.5 Å². The number of aryl methyl sites for hydroxylation is 2. The monoisotopic (exact) mass is 378 g/mol. The fraction of sp³-hybridized carbons (Fsp3) is 0.294. The highest BCUT2D eigenvalue weighted by atomic mass is 19.4. The molecule has 0 bridgehead atoms. The molecule has 3 aromatic heterocycles. The van der Waals surface area contributed by atoms with Gasteiger partial charge in [0, 0.05) is 37.9 Å². The minimum Gasteiger partial charge on any atom is -0.368 e. The summed E-state index contributed by atoms with van der Waals surface area (Å²) in [7, 11) is 1.78. The Balaban J connectivity index is 1.53. The summed E-state index contributed by atoms with van der Waals surface area (Å²) in [5, 5.41) is 10.6. The van der Waals surface area contributed by atoms with E-state index in [1.165, 1.54) is 12.3 Å². The van der Waals surface area contributed by atoms with Crippen molar-refractivity contribution in [3.8, 4) is 0 Å². The van der Waals surface area contributed by atoms with Crippen LogP contribution in [0.15, 0.2) is 30.6 Å². The molecule has 1 amide bonds. The van der Waals surface area contributed by atoms with E-state index in [1.807, 2.05) is 6.92 Å². The maximum absolute atomic E-state index is 12.5. The predicted molar refractivity (Wildman–Crippen MR) is 93.3 cm³/mol. The summed E-state index contributed by atoms with van der Waals surface area (Å²) in [6, 6.07) is 3.92. The first-order chi connectivity index (χ1) is 12.8. The number of hydrogen-bond acceptors (Lipinski definition) is 5. The van der Waals surface area contributed by atoms with Crippen LogP contribution in [0.25, 0.3) is 11.0 Å². The van der Waals surface area contributed by atoms with Crippen LogP contribution in [-0.2, 0) is 13.2 Å². The maximum Gasteiger partial charge on any atom is 0.417 e. The van der Waals surface area contributed by atoms with Crippen LogP contribution < -0.4 is 10.6 Å². The molecule has 10 heteroatoms. The van der Waals surface area contributed by atoms with Gasteiger partial charge in [-0.3, -0.25) is 9.48 Å². The molecule has 3 aromatic rings. The van der Waals surface area contributed by atoms with Crippen LogP contribution in [0.2, 0.25) is 0 Å². The summed E-state index contributed by atoms with van der Waals surface area (Å²) in [5.41, 5.74) is 1.07. The highest BCUT2D eigenvalue weighted by Gasteiger charge is 2.30. The molecule has 0 aliphatic rings. The highest BCUT2D eigenvalue weighted by molar-refractivity contribution is 5.97. The molecule has 0 aromatic carbocycles. The molecule has 0 atom stereocenters. The van der Waals surface area contributed by atoms with Gasteiger partial charge in [-0.1, -0.05) is 0 Å². The number of carbonyl (C=O) groups excluding carboxylic acids is 1. The van der Waals surface area contributed by atoms with Crippen LogP contribution >= 0.6 is 0 Å². The van der Waals surface area contributed by atoms with E-state index in [2.05, 4.69) is 25.7 Å². The van der Waals surface area contributed by atoms with Crippen LogP contribution in [0.1, 0.15) is 21.6 Å². The van der Waals surface area contributed by atoms with Gasteiger partial charge >= 0.3 is 6.18 Å². The molecular weight excluding hydrogens is 361 g/mol. The molecule has 0 aliphatic carbocycles. The summed E-state index contributed by atoms with van der Waals surface area (Å²) >= 11 is 0. The molecule has 0 fully saturated rings. The van der Waals surface area contributed by atoms with Crippen molar-refractivity contribution in [2.75, 3.05) is 18.4 Å². The molecule has 3 heterocycles. The lowest BCUT2D eigenvalue weighted by Gasteiger charge is -2.09. The largest absolute Gasteiger partial charge is 0.417 e. The molecule has 3 rings (SSSR count). The molecule has 0 aliphatic heterocycles. The lowest BCUT2D eigenvalue weighted by Crippen LogP contribution is -2.29. The highest BCUT2D eigenvalue weighted by Crippen LogP contribution is 2.28. The smallest absolute Gasteiger partial charge is 0.368 e. The predicted octanol–water partition coefficient (Wildman–Crippen LogP) is 2.53. The van der Waals surface area contributed by atoms with Crippen LogP contribution in [0, 0.1) is 6.92 Å². The number of hydrogen-bond donors (Lipinski definition) is 2. The van der Waals surface area contributed by atoms with Gasteiger partial charge in [0.25, 0.3) is 5.91 Å². The third-order valence-electron chi connectivity index (χ3n) is 3.93. The number of alkyl halides is 3. The Morgan fingerprint density at radius 1 is 1.19 bits per heavy atom. The van der Waals surface area contributed by atoms with Crippen molar-refractivity contribution in [2.24, 2.45) is 7.05 Å². The van der Waals surface area contributed by atoms with Gasteiger partial charge in [0.05, 0.1) is 16.8 Å². The fourth-order valence-electron chi connectivity index (χ4n) is 2.57. The lowest BCUT2D eigenvalue weighted by atomic mass is 10.2. The molecule has 0 saturated heterocycles. The first-order valence-corrected chi connectivity index (χ1v) is 8.10. The molecule has 0 radical (unpaired) electrons. The average molecular weight is 378 g/mol. The van der Waals surface area contributed by atoms with Gasteiger partial charge in [0.15, 0.2) is 5.65 Å². The fourth-order valence-corrected chi connectivity index (χ4v) is 2.57. The summed E-state index contributed by atoms with van der Waals surface area (Å²) in [5.74, 6) is 0.00107. The Morgan fingerprint density at radius 2 is 1.96 bits per heavy atom. The van der Waals surface area contributed by atoms with Crippen molar-refractivity contribution in [2.45, 2.75) is 13.1 Å². The topological polar surface area (TPSA) is 84.7 Å². The molecule has 7 nitrogen and oxygen atoms in total. The quantitative estimate of drug-likeness (QED) is 0.667. The van der Waals surface area contributed by atoms with E-state index < -0.39 is 11.7 Å². The number of aromatic nitrogens is 4. The second-order valence-corrected chi connectivity index (χ2v) is 5.92. The molecule has 142 valence electrons. The lowest BCUT2D eigenvalue weighted by molar-refractivity contribution is -0.137. The standard InChI is InChI=1S/C17H17F3N6O/c1-10-13-7-11(8-24-15(13)26(2)25-10)16(27)22-6-5-21-14-4-3-12(9-23-14)17(18,19)20/h3-4,7-9H,5-6H2,1-2H3,(H,21,23)(H,22,27).